The van der Waals surface area contributed by atoms with Crippen LogP contribution in [0.25, 0.3) is 16.7 Å². The van der Waals surface area contributed by atoms with E-state index in [1.54, 1.807) is 22.8 Å². The molecule has 2 heterocycles. The van der Waals surface area contributed by atoms with E-state index < -0.39 is 12.3 Å². The van der Waals surface area contributed by atoms with Gasteiger partial charge < -0.3 is 15.7 Å². The van der Waals surface area contributed by atoms with Crippen LogP contribution in [0.5, 0.6) is 0 Å². The lowest BCUT2D eigenvalue weighted by atomic mass is 9.93. The summed E-state index contributed by atoms with van der Waals surface area (Å²) in [4.78, 5) is 29.5. The number of benzene rings is 2. The van der Waals surface area contributed by atoms with E-state index in [0.29, 0.717) is 35.0 Å². The summed E-state index contributed by atoms with van der Waals surface area (Å²) >= 11 is 0.731. The maximum absolute atomic E-state index is 13.1. The van der Waals surface area contributed by atoms with Crippen LogP contribution in [0.3, 0.4) is 0 Å². The molecule has 11 heteroatoms. The molecule has 0 spiro atoms. The minimum absolute atomic E-state index is 0.142. The fraction of sp³-hybridized carbons (Fsp3) is 0.276. The van der Waals surface area contributed by atoms with E-state index in [-0.39, 0.29) is 27.7 Å². The molecule has 208 valence electrons. The lowest BCUT2D eigenvalue weighted by molar-refractivity contribution is -0.111. The lowest BCUT2D eigenvalue weighted by Gasteiger charge is -2.26. The summed E-state index contributed by atoms with van der Waals surface area (Å²) in [5.74, 6) is -0.699. The molecule has 5 rings (SSSR count). The Bertz CT molecular complexity index is 1540. The molecule has 1 aliphatic carbocycles. The van der Waals surface area contributed by atoms with Crippen LogP contribution < -0.4 is 16.0 Å². The molecule has 2 aromatic carbocycles. The van der Waals surface area contributed by atoms with Crippen molar-refractivity contribution in [1.29, 1.82) is 0 Å². The van der Waals surface area contributed by atoms with Crippen molar-refractivity contribution in [2.24, 2.45) is 0 Å². The molecule has 8 nitrogen and oxygen atoms in total. The first-order chi connectivity index (χ1) is 19.3. The Balaban J connectivity index is 1.47. The largest absolute Gasteiger partial charge is 0.393 e. The highest BCUT2D eigenvalue weighted by Crippen LogP contribution is 2.30. The predicted octanol–water partition coefficient (Wildman–Crippen LogP) is 5.79. The number of amides is 2. The Hall–Kier alpha value is -3.93. The zero-order chi connectivity index (χ0) is 28.2. The number of fused-ring (bicyclic) bond motifs is 1. The van der Waals surface area contributed by atoms with Crippen LogP contribution in [0.2, 0.25) is 0 Å². The van der Waals surface area contributed by atoms with Crippen LogP contribution in [0, 0.1) is 0 Å². The maximum Gasteiger partial charge on any atom is 0.272 e. The molecular formula is C29H29F2N5O3S. The van der Waals surface area contributed by atoms with Crippen molar-refractivity contribution in [3.8, 4) is 5.69 Å². The molecule has 2 amide bonds. The van der Waals surface area contributed by atoms with Crippen LogP contribution >= 0.6 is 11.3 Å². The number of rotatable bonds is 9. The molecule has 1 saturated carbocycles. The molecule has 0 bridgehead atoms. The topological polar surface area (TPSA) is 108 Å². The molecule has 4 N–H and O–H groups in total. The van der Waals surface area contributed by atoms with Gasteiger partial charge in [-0.1, -0.05) is 18.7 Å². The molecule has 2 aromatic heterocycles. The van der Waals surface area contributed by atoms with E-state index >= 15 is 0 Å². The second-order valence-corrected chi connectivity index (χ2v) is 10.8. The molecule has 0 saturated heterocycles. The number of hydrogen-bond acceptors (Lipinski definition) is 6. The van der Waals surface area contributed by atoms with Gasteiger partial charge in [0.25, 0.3) is 12.3 Å². The number of imidazole rings is 1. The number of carbonyl (C=O) groups excluding carboxylic acids is 2. The Morgan fingerprint density at radius 2 is 1.90 bits per heavy atom. The molecule has 0 atom stereocenters. The predicted molar refractivity (Wildman–Crippen MR) is 152 cm³/mol. The van der Waals surface area contributed by atoms with E-state index in [9.17, 15) is 23.5 Å². The van der Waals surface area contributed by atoms with Crippen LogP contribution in [0.1, 0.15) is 52.2 Å². The smallest absolute Gasteiger partial charge is 0.272 e. The molecule has 1 aliphatic rings. The molecular weight excluding hydrogens is 536 g/mol. The number of hydrogen-bond donors (Lipinski definition) is 4. The number of alkyl halides is 2. The summed E-state index contributed by atoms with van der Waals surface area (Å²) in [6.07, 6.45) is 1.72. The third-order valence-corrected chi connectivity index (χ3v) is 7.95. The van der Waals surface area contributed by atoms with Crippen molar-refractivity contribution in [2.45, 2.75) is 50.8 Å². The number of thiophene rings is 1. The standard InChI is InChI=1S/C29H29F2N5O3S/c1-2-26(38)33-19-4-3-5-20(15-19)36-23-11-6-17(16-32-18-7-9-21(37)10-8-18)14-22(23)34-29(36)35-28(39)25-13-12-24(40-25)27(30)31/h2-6,11-15,18,21,27,32,37H,1,7-10,16H2,(H,33,38)(H,34,35,39). The van der Waals surface area contributed by atoms with Gasteiger partial charge in [-0.3, -0.25) is 19.5 Å². The van der Waals surface area contributed by atoms with Crippen LogP contribution in [0.4, 0.5) is 20.4 Å². The third-order valence-electron chi connectivity index (χ3n) is 6.86. The van der Waals surface area contributed by atoms with Crippen LogP contribution in [-0.2, 0) is 11.3 Å². The summed E-state index contributed by atoms with van der Waals surface area (Å²) in [5, 5.41) is 18.8. The van der Waals surface area contributed by atoms with Gasteiger partial charge in [0.05, 0.1) is 32.6 Å². The SMILES string of the molecule is C=CC(=O)Nc1cccc(-n2c(NC(=O)c3ccc(C(F)F)s3)nc3cc(CNC4CCC(O)CC4)ccc32)c1. The Kier molecular flexibility index (Phi) is 8.34. The number of carbonyl (C=O) groups is 2. The normalized spacial score (nSPS) is 17.2. The number of halogens is 2. The minimum Gasteiger partial charge on any atom is -0.393 e. The molecule has 0 aliphatic heterocycles. The summed E-state index contributed by atoms with van der Waals surface area (Å²) in [6.45, 7) is 4.10. The highest BCUT2D eigenvalue weighted by molar-refractivity contribution is 7.14. The summed E-state index contributed by atoms with van der Waals surface area (Å²) in [5.41, 5.74) is 3.51. The summed E-state index contributed by atoms with van der Waals surface area (Å²) in [6, 6.07) is 15.8. The van der Waals surface area contributed by atoms with Crippen molar-refractivity contribution in [3.05, 3.63) is 82.6 Å². The number of nitrogens with zero attached hydrogens (tertiary/aromatic N) is 2. The third kappa shape index (κ3) is 6.27. The van der Waals surface area contributed by atoms with Gasteiger partial charge in [0.15, 0.2) is 0 Å². The fourth-order valence-corrected chi connectivity index (χ4v) is 5.55. The molecule has 0 radical (unpaired) electrons. The van der Waals surface area contributed by atoms with E-state index in [1.807, 2.05) is 24.3 Å². The second kappa shape index (κ2) is 12.1. The van der Waals surface area contributed by atoms with Gasteiger partial charge in [-0.25, -0.2) is 13.8 Å². The van der Waals surface area contributed by atoms with Gasteiger partial charge in [-0.2, -0.15) is 0 Å². The summed E-state index contributed by atoms with van der Waals surface area (Å²) in [7, 11) is 0. The van der Waals surface area contributed by atoms with Gasteiger partial charge in [0, 0.05) is 18.3 Å². The van der Waals surface area contributed by atoms with E-state index in [4.69, 9.17) is 4.98 Å². The number of aromatic nitrogens is 2. The van der Waals surface area contributed by atoms with Gasteiger partial charge >= 0.3 is 0 Å². The number of anilines is 2. The second-order valence-electron chi connectivity index (χ2n) is 9.68. The van der Waals surface area contributed by atoms with Crippen molar-refractivity contribution < 1.29 is 23.5 Å². The molecule has 0 unspecified atom stereocenters. The van der Waals surface area contributed by atoms with E-state index in [2.05, 4.69) is 22.5 Å². The maximum atomic E-state index is 13.1. The zero-order valence-corrected chi connectivity index (χ0v) is 22.4. The minimum atomic E-state index is -2.66. The van der Waals surface area contributed by atoms with Crippen molar-refractivity contribution in [2.75, 3.05) is 10.6 Å². The van der Waals surface area contributed by atoms with E-state index in [0.717, 1.165) is 42.6 Å². The Labute approximate surface area is 233 Å². The number of nitrogens with one attached hydrogen (secondary N) is 3. The monoisotopic (exact) mass is 565 g/mol. The van der Waals surface area contributed by atoms with Gasteiger partial charge in [-0.05, 0) is 79.8 Å². The molecule has 4 aromatic rings. The molecule has 1 fully saturated rings. The van der Waals surface area contributed by atoms with E-state index in [1.165, 1.54) is 18.2 Å². The zero-order valence-electron chi connectivity index (χ0n) is 21.6. The fourth-order valence-electron chi connectivity index (χ4n) is 4.79. The average molecular weight is 566 g/mol. The summed E-state index contributed by atoms with van der Waals surface area (Å²) < 4.78 is 27.9. The van der Waals surface area contributed by atoms with Gasteiger partial charge in [-0.15, -0.1) is 11.3 Å². The first kappa shape index (κ1) is 27.6. The first-order valence-corrected chi connectivity index (χ1v) is 13.8. The number of aliphatic hydroxyl groups excluding tert-OH is 1. The van der Waals surface area contributed by atoms with Crippen LogP contribution in [0.15, 0.2) is 67.3 Å². The van der Waals surface area contributed by atoms with Crippen molar-refractivity contribution in [1.82, 2.24) is 14.9 Å². The van der Waals surface area contributed by atoms with Crippen molar-refractivity contribution >= 4 is 45.8 Å². The van der Waals surface area contributed by atoms with Gasteiger partial charge in [0.2, 0.25) is 11.9 Å². The first-order valence-electron chi connectivity index (χ1n) is 13.0. The highest BCUT2D eigenvalue weighted by atomic mass is 32.1. The number of aliphatic hydroxyl groups is 1. The van der Waals surface area contributed by atoms with Crippen molar-refractivity contribution in [3.63, 3.8) is 0 Å². The highest BCUT2D eigenvalue weighted by Gasteiger charge is 2.21. The quantitative estimate of drug-likeness (QED) is 0.192. The van der Waals surface area contributed by atoms with Crippen LogP contribution in [-0.4, -0.2) is 38.6 Å². The molecule has 40 heavy (non-hydrogen) atoms. The van der Waals surface area contributed by atoms with Gasteiger partial charge in [0.1, 0.15) is 0 Å². The Morgan fingerprint density at radius 3 is 2.62 bits per heavy atom. The lowest BCUT2D eigenvalue weighted by Crippen LogP contribution is -2.34. The average Bonchev–Trinajstić information content (AvgIpc) is 3.58. The Morgan fingerprint density at radius 1 is 1.10 bits per heavy atom.